The Bertz CT molecular complexity index is 1290. The fourth-order valence-electron chi connectivity index (χ4n) is 4.14. The molecule has 1 aromatic heterocycles. The van der Waals surface area contributed by atoms with Crippen molar-refractivity contribution in [2.24, 2.45) is 0 Å². The highest BCUT2D eigenvalue weighted by Gasteiger charge is 2.17. The molecule has 0 fully saturated rings. The minimum absolute atomic E-state index is 0.0812. The van der Waals surface area contributed by atoms with Gasteiger partial charge in [0.05, 0.1) is 18.5 Å². The maximum atomic E-state index is 13.3. The lowest BCUT2D eigenvalue weighted by atomic mass is 10.1. The van der Waals surface area contributed by atoms with Gasteiger partial charge in [0.25, 0.3) is 5.91 Å². The fourth-order valence-corrected chi connectivity index (χ4v) is 4.14. The van der Waals surface area contributed by atoms with Crippen LogP contribution < -0.4 is 9.64 Å². The number of carboxylic acid groups (broad SMARTS) is 1. The van der Waals surface area contributed by atoms with E-state index in [0.717, 1.165) is 29.8 Å². The van der Waals surface area contributed by atoms with Crippen LogP contribution in [0.5, 0.6) is 5.75 Å². The van der Waals surface area contributed by atoms with E-state index in [-0.39, 0.29) is 12.3 Å². The number of ether oxygens (including phenoxy) is 1. The number of aryl methyl sites for hydroxylation is 1. The van der Waals surface area contributed by atoms with Crippen LogP contribution in [0.2, 0.25) is 0 Å². The van der Waals surface area contributed by atoms with E-state index in [2.05, 4.69) is 24.1 Å². The van der Waals surface area contributed by atoms with Gasteiger partial charge in [-0.2, -0.15) is 0 Å². The number of rotatable bonds is 9. The monoisotopic (exact) mass is 456 g/mol. The normalized spacial score (nSPS) is 10.9. The molecule has 0 aliphatic rings. The van der Waals surface area contributed by atoms with Crippen LogP contribution in [0.3, 0.4) is 0 Å². The zero-order chi connectivity index (χ0) is 24.1. The summed E-state index contributed by atoms with van der Waals surface area (Å²) in [6, 6.07) is 24.7. The number of para-hydroxylation sites is 1. The Balaban J connectivity index is 1.40. The number of nitrogens with zero attached hydrogens (tertiary/aromatic N) is 2. The molecule has 4 aromatic rings. The third kappa shape index (κ3) is 5.12. The smallest absolute Gasteiger partial charge is 0.307 e. The van der Waals surface area contributed by atoms with E-state index in [0.29, 0.717) is 23.3 Å². The highest BCUT2D eigenvalue weighted by atomic mass is 16.5. The molecule has 0 atom stereocenters. The zero-order valence-electron chi connectivity index (χ0n) is 19.4. The van der Waals surface area contributed by atoms with E-state index in [9.17, 15) is 14.7 Å². The molecule has 1 N–H and O–H groups in total. The summed E-state index contributed by atoms with van der Waals surface area (Å²) in [7, 11) is 2.06. The molecule has 4 rings (SSSR count). The second-order valence-corrected chi connectivity index (χ2v) is 8.33. The lowest BCUT2D eigenvalue weighted by molar-refractivity contribution is -0.136. The van der Waals surface area contributed by atoms with Gasteiger partial charge in [0.1, 0.15) is 5.75 Å². The highest BCUT2D eigenvalue weighted by molar-refractivity contribution is 6.04. The van der Waals surface area contributed by atoms with E-state index in [4.69, 9.17) is 4.74 Å². The number of carbonyl (C=O) groups is 2. The molecule has 0 spiro atoms. The summed E-state index contributed by atoms with van der Waals surface area (Å²) < 4.78 is 7.50. The number of hydrogen-bond donors (Lipinski definition) is 1. The molecule has 0 radical (unpaired) electrons. The molecule has 34 heavy (non-hydrogen) atoms. The first-order chi connectivity index (χ1) is 16.4. The van der Waals surface area contributed by atoms with Gasteiger partial charge >= 0.3 is 5.97 Å². The number of carboxylic acids is 1. The summed E-state index contributed by atoms with van der Waals surface area (Å²) >= 11 is 0. The molecule has 1 heterocycles. The van der Waals surface area contributed by atoms with E-state index < -0.39 is 5.97 Å². The second-order valence-electron chi connectivity index (χ2n) is 8.33. The quantitative estimate of drug-likeness (QED) is 0.352. The molecule has 0 saturated carbocycles. The van der Waals surface area contributed by atoms with Gasteiger partial charge in [0.15, 0.2) is 0 Å². The van der Waals surface area contributed by atoms with Gasteiger partial charge in [-0.1, -0.05) is 30.3 Å². The Morgan fingerprint density at radius 2 is 1.71 bits per heavy atom. The molecule has 0 bridgehead atoms. The van der Waals surface area contributed by atoms with Crippen LogP contribution in [0.15, 0.2) is 78.9 Å². The van der Waals surface area contributed by atoms with Crippen molar-refractivity contribution < 1.29 is 19.4 Å². The molecule has 6 heteroatoms. The number of anilines is 1. The maximum Gasteiger partial charge on any atom is 0.307 e. The number of hydrogen-bond acceptors (Lipinski definition) is 4. The Hall–Kier alpha value is -4.06. The molecule has 174 valence electrons. The second kappa shape index (κ2) is 10.3. The molecular weight excluding hydrogens is 428 g/mol. The van der Waals surface area contributed by atoms with Gasteiger partial charge in [0.2, 0.25) is 0 Å². The third-order valence-corrected chi connectivity index (χ3v) is 5.87. The summed E-state index contributed by atoms with van der Waals surface area (Å²) in [4.78, 5) is 26.6. The van der Waals surface area contributed by atoms with Gasteiger partial charge in [-0.25, -0.2) is 0 Å². The summed E-state index contributed by atoms with van der Waals surface area (Å²) in [6.45, 7) is 3.31. The van der Waals surface area contributed by atoms with E-state index >= 15 is 0 Å². The lowest BCUT2D eigenvalue weighted by Gasteiger charge is -2.19. The van der Waals surface area contributed by atoms with Crippen LogP contribution in [0, 0.1) is 6.92 Å². The first-order valence-corrected chi connectivity index (χ1v) is 11.3. The van der Waals surface area contributed by atoms with Gasteiger partial charge in [-0.15, -0.1) is 0 Å². The van der Waals surface area contributed by atoms with Crippen LogP contribution in [0.1, 0.15) is 28.0 Å². The van der Waals surface area contributed by atoms with Gasteiger partial charge in [-0.05, 0) is 67.4 Å². The summed E-state index contributed by atoms with van der Waals surface area (Å²) in [5, 5.41) is 9.97. The van der Waals surface area contributed by atoms with Gasteiger partial charge < -0.3 is 14.7 Å². The number of aromatic nitrogens is 1. The minimum Gasteiger partial charge on any atom is -0.494 e. The van der Waals surface area contributed by atoms with Crippen LogP contribution in [0.25, 0.3) is 10.9 Å². The molecule has 0 aliphatic heterocycles. The van der Waals surface area contributed by atoms with Crippen molar-refractivity contribution in [2.75, 3.05) is 25.1 Å². The number of aliphatic carboxylic acids is 1. The Kier molecular flexibility index (Phi) is 6.97. The minimum atomic E-state index is -0.897. The van der Waals surface area contributed by atoms with Gasteiger partial charge in [0, 0.05) is 35.9 Å². The number of fused-ring (bicyclic) bond motifs is 1. The number of carbonyl (C=O) groups excluding carboxylic acids is 1. The zero-order valence-corrected chi connectivity index (χ0v) is 19.4. The third-order valence-electron chi connectivity index (χ3n) is 5.87. The maximum absolute atomic E-state index is 13.3. The predicted molar refractivity (Wildman–Crippen MR) is 134 cm³/mol. The molecule has 0 amide bonds. The van der Waals surface area contributed by atoms with Crippen molar-refractivity contribution in [3.63, 3.8) is 0 Å². The fraction of sp³-hybridized carbons (Fsp3) is 0.214. The van der Waals surface area contributed by atoms with Crippen LogP contribution in [0.4, 0.5) is 5.69 Å². The summed E-state index contributed by atoms with van der Waals surface area (Å²) in [5.41, 5.74) is 3.89. The van der Waals surface area contributed by atoms with Crippen molar-refractivity contribution >= 4 is 28.5 Å². The Morgan fingerprint density at radius 3 is 2.41 bits per heavy atom. The van der Waals surface area contributed by atoms with Crippen molar-refractivity contribution in [1.29, 1.82) is 0 Å². The van der Waals surface area contributed by atoms with E-state index in [1.54, 1.807) is 28.8 Å². The summed E-state index contributed by atoms with van der Waals surface area (Å²) in [5.74, 6) is -0.334. The molecule has 3 aromatic carbocycles. The lowest BCUT2D eigenvalue weighted by Crippen LogP contribution is -2.20. The molecule has 0 unspecified atom stereocenters. The standard InChI is InChI=1S/C28H28N2O4/c1-20-18-25-22(19-27(31)32)8-6-11-26(25)30(20)28(33)21-12-14-24(15-13-21)34-17-7-16-29(2)23-9-4-3-5-10-23/h3-6,8-15,18H,7,16-17,19H2,1-2H3,(H,31,32). The first-order valence-electron chi connectivity index (χ1n) is 11.3. The Morgan fingerprint density at radius 1 is 0.971 bits per heavy atom. The average Bonchev–Trinajstić information content (AvgIpc) is 3.18. The Labute approximate surface area is 199 Å². The van der Waals surface area contributed by atoms with E-state index in [1.165, 1.54) is 5.69 Å². The number of benzene rings is 3. The first kappa shape index (κ1) is 23.1. The van der Waals surface area contributed by atoms with Crippen LogP contribution >= 0.6 is 0 Å². The van der Waals surface area contributed by atoms with E-state index in [1.807, 2.05) is 49.4 Å². The topological polar surface area (TPSA) is 71.8 Å². The molecule has 6 nitrogen and oxygen atoms in total. The summed E-state index contributed by atoms with van der Waals surface area (Å²) in [6.07, 6.45) is 0.793. The van der Waals surface area contributed by atoms with Gasteiger partial charge in [-0.3, -0.25) is 14.2 Å². The predicted octanol–water partition coefficient (Wildman–Crippen LogP) is 5.17. The van der Waals surface area contributed by atoms with Crippen LogP contribution in [-0.4, -0.2) is 41.7 Å². The molecular formula is C28H28N2O4. The SMILES string of the molecule is Cc1cc2c(CC(=O)O)cccc2n1C(=O)c1ccc(OCCCN(C)c2ccccc2)cc1. The van der Waals surface area contributed by atoms with Crippen molar-refractivity contribution in [3.05, 3.63) is 95.7 Å². The van der Waals surface area contributed by atoms with Crippen molar-refractivity contribution in [2.45, 2.75) is 19.8 Å². The highest BCUT2D eigenvalue weighted by Crippen LogP contribution is 2.25. The van der Waals surface area contributed by atoms with Crippen molar-refractivity contribution in [3.8, 4) is 5.75 Å². The average molecular weight is 457 g/mol. The van der Waals surface area contributed by atoms with Crippen LogP contribution in [-0.2, 0) is 11.2 Å². The molecule has 0 saturated heterocycles. The largest absolute Gasteiger partial charge is 0.494 e. The van der Waals surface area contributed by atoms with Crippen molar-refractivity contribution in [1.82, 2.24) is 4.57 Å². The molecule has 0 aliphatic carbocycles.